The molecule has 1 fully saturated rings. The third-order valence-corrected chi connectivity index (χ3v) is 1.77. The van der Waals surface area contributed by atoms with Crippen molar-refractivity contribution in [1.82, 2.24) is 10.2 Å². The minimum atomic E-state index is 0.917. The van der Waals surface area contributed by atoms with Crippen molar-refractivity contribution in [1.29, 1.82) is 0 Å². The second-order valence-electron chi connectivity index (χ2n) is 2.50. The third kappa shape index (κ3) is 2.33. The standard InChI is InChI=1S/C7H14N2/c1-8-4-7-9-5-2-3-6-9/h1,8H,2-7H2. The highest BCUT2D eigenvalue weighted by molar-refractivity contribution is 4.66. The Bertz CT molecular complexity index is 67.3. The Balaban J connectivity index is 1.98. The number of nitrogens with one attached hydrogen (secondary N) is 1. The Morgan fingerprint density at radius 3 is 2.56 bits per heavy atom. The van der Waals surface area contributed by atoms with E-state index in [2.05, 4.69) is 10.2 Å². The van der Waals surface area contributed by atoms with Crippen LogP contribution in [0.3, 0.4) is 0 Å². The molecule has 0 amide bonds. The van der Waals surface area contributed by atoms with Gasteiger partial charge in [0.2, 0.25) is 0 Å². The molecule has 0 bridgehead atoms. The minimum absolute atomic E-state index is 0.917. The van der Waals surface area contributed by atoms with Crippen molar-refractivity contribution in [2.45, 2.75) is 12.8 Å². The molecule has 0 unspecified atom stereocenters. The fourth-order valence-electron chi connectivity index (χ4n) is 1.23. The molecule has 0 saturated carbocycles. The Labute approximate surface area is 57.2 Å². The van der Waals surface area contributed by atoms with E-state index in [0.717, 1.165) is 13.1 Å². The van der Waals surface area contributed by atoms with E-state index < -0.39 is 0 Å². The van der Waals surface area contributed by atoms with Crippen LogP contribution in [0, 0.1) is 7.05 Å². The Morgan fingerprint density at radius 2 is 2.00 bits per heavy atom. The average Bonchev–Trinajstić information content (AvgIpc) is 2.34. The Morgan fingerprint density at radius 1 is 1.33 bits per heavy atom. The molecule has 1 saturated heterocycles. The first-order valence-corrected chi connectivity index (χ1v) is 3.59. The smallest absolute Gasteiger partial charge is 0.0408 e. The molecular weight excluding hydrogens is 112 g/mol. The van der Waals surface area contributed by atoms with Gasteiger partial charge in [0, 0.05) is 20.1 Å². The van der Waals surface area contributed by atoms with Gasteiger partial charge in [-0.2, -0.15) is 0 Å². The molecule has 1 rings (SSSR count). The van der Waals surface area contributed by atoms with Crippen molar-refractivity contribution in [2.24, 2.45) is 0 Å². The second kappa shape index (κ2) is 3.85. The normalized spacial score (nSPS) is 21.0. The molecule has 2 nitrogen and oxygen atoms in total. The first-order valence-electron chi connectivity index (χ1n) is 3.59. The van der Waals surface area contributed by atoms with E-state index in [1.807, 2.05) is 0 Å². The molecule has 9 heavy (non-hydrogen) atoms. The van der Waals surface area contributed by atoms with Crippen molar-refractivity contribution in [3.63, 3.8) is 0 Å². The van der Waals surface area contributed by atoms with Crippen LogP contribution in [0.1, 0.15) is 12.8 Å². The zero-order valence-corrected chi connectivity index (χ0v) is 5.77. The molecule has 1 aliphatic heterocycles. The predicted molar refractivity (Wildman–Crippen MR) is 38.0 cm³/mol. The highest BCUT2D eigenvalue weighted by Crippen LogP contribution is 2.05. The van der Waals surface area contributed by atoms with Crippen LogP contribution in [-0.4, -0.2) is 31.1 Å². The predicted octanol–water partition coefficient (Wildman–Crippen LogP) is 0.340. The Hall–Kier alpha value is -0.0800. The van der Waals surface area contributed by atoms with E-state index in [1.165, 1.54) is 25.9 Å². The van der Waals surface area contributed by atoms with Crippen LogP contribution >= 0.6 is 0 Å². The maximum atomic E-state index is 5.13. The molecule has 0 aliphatic carbocycles. The molecule has 0 aromatic heterocycles. The van der Waals surface area contributed by atoms with E-state index in [9.17, 15) is 0 Å². The molecule has 1 heterocycles. The molecule has 0 aromatic rings. The zero-order chi connectivity index (χ0) is 6.53. The van der Waals surface area contributed by atoms with Crippen molar-refractivity contribution in [2.75, 3.05) is 26.2 Å². The van der Waals surface area contributed by atoms with Gasteiger partial charge in [0.05, 0.1) is 0 Å². The first-order chi connectivity index (χ1) is 4.43. The maximum Gasteiger partial charge on any atom is 0.0408 e. The first kappa shape index (κ1) is 7.03. The van der Waals surface area contributed by atoms with Gasteiger partial charge in [-0.05, 0) is 25.9 Å². The number of likely N-dealkylation sites (tertiary alicyclic amines) is 1. The molecular formula is C7H14N2. The van der Waals surface area contributed by atoms with Gasteiger partial charge in [-0.1, -0.05) is 0 Å². The van der Waals surface area contributed by atoms with Gasteiger partial charge in [-0.15, -0.1) is 0 Å². The largest absolute Gasteiger partial charge is 0.310 e. The lowest BCUT2D eigenvalue weighted by Crippen LogP contribution is -2.27. The van der Waals surface area contributed by atoms with E-state index in [4.69, 9.17) is 7.05 Å². The number of nitrogens with zero attached hydrogens (tertiary/aromatic N) is 1. The molecule has 0 aromatic carbocycles. The van der Waals surface area contributed by atoms with Gasteiger partial charge in [0.25, 0.3) is 0 Å². The summed E-state index contributed by atoms with van der Waals surface area (Å²) in [6, 6.07) is 0. The lowest BCUT2D eigenvalue weighted by Gasteiger charge is -2.12. The van der Waals surface area contributed by atoms with Crippen molar-refractivity contribution >= 4 is 0 Å². The Kier molecular flexibility index (Phi) is 3.01. The van der Waals surface area contributed by atoms with Crippen LogP contribution in [0.4, 0.5) is 0 Å². The molecule has 1 N–H and O–H groups in total. The molecule has 2 radical (unpaired) electrons. The summed E-state index contributed by atoms with van der Waals surface area (Å²) in [7, 11) is 5.13. The van der Waals surface area contributed by atoms with Crippen LogP contribution in [0.5, 0.6) is 0 Å². The molecule has 0 spiro atoms. The zero-order valence-electron chi connectivity index (χ0n) is 5.77. The van der Waals surface area contributed by atoms with Crippen molar-refractivity contribution in [3.05, 3.63) is 7.05 Å². The van der Waals surface area contributed by atoms with Crippen LogP contribution < -0.4 is 5.32 Å². The lowest BCUT2D eigenvalue weighted by molar-refractivity contribution is 0.342. The van der Waals surface area contributed by atoms with E-state index in [1.54, 1.807) is 0 Å². The quantitative estimate of drug-likeness (QED) is 0.549. The van der Waals surface area contributed by atoms with Gasteiger partial charge in [0.1, 0.15) is 0 Å². The number of rotatable bonds is 3. The van der Waals surface area contributed by atoms with Crippen LogP contribution in [0.15, 0.2) is 0 Å². The van der Waals surface area contributed by atoms with E-state index >= 15 is 0 Å². The molecule has 0 atom stereocenters. The summed E-state index contributed by atoms with van der Waals surface area (Å²) in [4.78, 5) is 2.43. The number of hydrogen-bond acceptors (Lipinski definition) is 2. The summed E-state index contributed by atoms with van der Waals surface area (Å²) in [6.07, 6.45) is 2.73. The number of hydrogen-bond donors (Lipinski definition) is 1. The van der Waals surface area contributed by atoms with Crippen LogP contribution in [0.2, 0.25) is 0 Å². The van der Waals surface area contributed by atoms with Gasteiger partial charge < -0.3 is 10.2 Å². The highest BCUT2D eigenvalue weighted by Gasteiger charge is 2.09. The fourth-order valence-corrected chi connectivity index (χ4v) is 1.23. The molecule has 2 heteroatoms. The summed E-state index contributed by atoms with van der Waals surface area (Å²) in [5.41, 5.74) is 0. The van der Waals surface area contributed by atoms with E-state index in [0.29, 0.717) is 0 Å². The SMILES string of the molecule is [CH]NCCN1CCCC1. The molecule has 52 valence electrons. The van der Waals surface area contributed by atoms with Gasteiger partial charge in [-0.3, -0.25) is 0 Å². The van der Waals surface area contributed by atoms with Crippen molar-refractivity contribution < 1.29 is 0 Å². The maximum absolute atomic E-state index is 5.13. The second-order valence-corrected chi connectivity index (χ2v) is 2.50. The summed E-state index contributed by atoms with van der Waals surface area (Å²) in [6.45, 7) is 4.56. The van der Waals surface area contributed by atoms with E-state index in [-0.39, 0.29) is 0 Å². The van der Waals surface area contributed by atoms with Crippen LogP contribution in [0.25, 0.3) is 0 Å². The summed E-state index contributed by atoms with van der Waals surface area (Å²) in [5.74, 6) is 0. The fraction of sp³-hybridized carbons (Fsp3) is 0.857. The summed E-state index contributed by atoms with van der Waals surface area (Å²) >= 11 is 0. The van der Waals surface area contributed by atoms with Gasteiger partial charge >= 0.3 is 0 Å². The van der Waals surface area contributed by atoms with Crippen molar-refractivity contribution in [3.8, 4) is 0 Å². The van der Waals surface area contributed by atoms with Crippen LogP contribution in [-0.2, 0) is 0 Å². The monoisotopic (exact) mass is 126 g/mol. The lowest BCUT2D eigenvalue weighted by atomic mass is 10.4. The van der Waals surface area contributed by atoms with Gasteiger partial charge in [-0.25, -0.2) is 0 Å². The molecule has 1 aliphatic rings. The highest BCUT2D eigenvalue weighted by atomic mass is 15.1. The third-order valence-electron chi connectivity index (χ3n) is 1.77. The summed E-state index contributed by atoms with van der Waals surface area (Å²) < 4.78 is 0. The minimum Gasteiger partial charge on any atom is -0.310 e. The average molecular weight is 126 g/mol. The summed E-state index contributed by atoms with van der Waals surface area (Å²) in [5, 5.41) is 2.65. The topological polar surface area (TPSA) is 15.3 Å². The van der Waals surface area contributed by atoms with Gasteiger partial charge in [0.15, 0.2) is 0 Å².